The van der Waals surface area contributed by atoms with E-state index in [9.17, 15) is 0 Å². The topological polar surface area (TPSA) is 49.8 Å². The number of rotatable bonds is 5. The lowest BCUT2D eigenvalue weighted by atomic mass is 10.1. The van der Waals surface area contributed by atoms with Crippen LogP contribution < -0.4 is 10.6 Å². The summed E-state index contributed by atoms with van der Waals surface area (Å²) in [4.78, 5) is 9.04. The Morgan fingerprint density at radius 1 is 1.00 bits per heavy atom. The lowest BCUT2D eigenvalue weighted by Gasteiger charge is -2.11. The fourth-order valence-corrected chi connectivity index (χ4v) is 2.79. The Hall–Kier alpha value is -2.10. The average Bonchev–Trinajstić information content (AvgIpc) is 2.95. The summed E-state index contributed by atoms with van der Waals surface area (Å²) < 4.78 is 0. The van der Waals surface area contributed by atoms with Crippen molar-refractivity contribution in [2.75, 3.05) is 17.2 Å². The number of hydrogen-bond donors (Lipinski definition) is 2. The Morgan fingerprint density at radius 2 is 1.81 bits per heavy atom. The molecular formula is C17H22N4. The van der Waals surface area contributed by atoms with Crippen LogP contribution in [0, 0.1) is 0 Å². The van der Waals surface area contributed by atoms with Crippen molar-refractivity contribution in [3.63, 3.8) is 0 Å². The molecule has 0 amide bonds. The molecule has 1 aliphatic carbocycles. The van der Waals surface area contributed by atoms with Crippen LogP contribution >= 0.6 is 0 Å². The molecule has 1 aliphatic rings. The quantitative estimate of drug-likeness (QED) is 0.878. The molecule has 21 heavy (non-hydrogen) atoms. The molecular weight excluding hydrogens is 260 g/mol. The minimum absolute atomic E-state index is 0.831. The van der Waals surface area contributed by atoms with E-state index in [4.69, 9.17) is 0 Å². The van der Waals surface area contributed by atoms with Crippen molar-refractivity contribution in [3.05, 3.63) is 41.2 Å². The van der Waals surface area contributed by atoms with Gasteiger partial charge in [-0.2, -0.15) is 0 Å². The van der Waals surface area contributed by atoms with Gasteiger partial charge in [-0.05, 0) is 49.4 Å². The molecule has 110 valence electrons. The van der Waals surface area contributed by atoms with Crippen LogP contribution in [0.4, 0.5) is 17.3 Å². The van der Waals surface area contributed by atoms with Gasteiger partial charge in [-0.15, -0.1) is 0 Å². The second-order valence-electron chi connectivity index (χ2n) is 5.40. The first kappa shape index (κ1) is 13.9. The fourth-order valence-electron chi connectivity index (χ4n) is 2.79. The summed E-state index contributed by atoms with van der Waals surface area (Å²) in [6.07, 6.45) is 4.51. The normalized spacial score (nSPS) is 13.0. The number of nitrogens with zero attached hydrogens (tertiary/aromatic N) is 2. The lowest BCUT2D eigenvalue weighted by Crippen LogP contribution is -2.05. The molecule has 0 saturated carbocycles. The standard InChI is InChI=1S/C17H22N4/c1-3-15-20-16(18-4-2)11-17(21-15)19-14-9-8-12-6-5-7-13(12)10-14/h8-11H,3-7H2,1-2H3,(H2,18,19,20,21). The van der Waals surface area contributed by atoms with E-state index in [1.54, 1.807) is 0 Å². The molecule has 2 aromatic rings. The Labute approximate surface area is 126 Å². The maximum absolute atomic E-state index is 4.56. The van der Waals surface area contributed by atoms with Gasteiger partial charge in [-0.25, -0.2) is 9.97 Å². The Bertz CT molecular complexity index is 637. The highest BCUT2D eigenvalue weighted by Crippen LogP contribution is 2.26. The van der Waals surface area contributed by atoms with E-state index in [1.807, 2.05) is 6.07 Å². The summed E-state index contributed by atoms with van der Waals surface area (Å²) in [5.74, 6) is 2.60. The van der Waals surface area contributed by atoms with Crippen LogP contribution in [0.25, 0.3) is 0 Å². The number of nitrogens with one attached hydrogen (secondary N) is 2. The molecule has 0 fully saturated rings. The van der Waals surface area contributed by atoms with E-state index in [2.05, 4.69) is 52.6 Å². The van der Waals surface area contributed by atoms with Crippen molar-refractivity contribution in [2.24, 2.45) is 0 Å². The summed E-state index contributed by atoms with van der Waals surface area (Å²) >= 11 is 0. The van der Waals surface area contributed by atoms with Gasteiger partial charge in [-0.3, -0.25) is 0 Å². The molecule has 0 atom stereocenters. The molecule has 1 aromatic carbocycles. The van der Waals surface area contributed by atoms with E-state index in [1.165, 1.54) is 30.4 Å². The Kier molecular flexibility index (Phi) is 4.04. The summed E-state index contributed by atoms with van der Waals surface area (Å²) in [7, 11) is 0. The van der Waals surface area contributed by atoms with Crippen LogP contribution in [0.2, 0.25) is 0 Å². The van der Waals surface area contributed by atoms with Crippen molar-refractivity contribution in [3.8, 4) is 0 Å². The van der Waals surface area contributed by atoms with Crippen LogP contribution in [0.15, 0.2) is 24.3 Å². The van der Waals surface area contributed by atoms with E-state index in [-0.39, 0.29) is 0 Å². The predicted molar refractivity (Wildman–Crippen MR) is 87.3 cm³/mol. The zero-order valence-electron chi connectivity index (χ0n) is 12.7. The summed E-state index contributed by atoms with van der Waals surface area (Å²) in [6.45, 7) is 5.00. The molecule has 0 saturated heterocycles. The van der Waals surface area contributed by atoms with E-state index in [0.29, 0.717) is 0 Å². The molecule has 4 heteroatoms. The first-order valence-corrected chi connectivity index (χ1v) is 7.79. The van der Waals surface area contributed by atoms with Gasteiger partial charge < -0.3 is 10.6 Å². The number of fused-ring (bicyclic) bond motifs is 1. The highest BCUT2D eigenvalue weighted by atomic mass is 15.1. The molecule has 0 spiro atoms. The highest BCUT2D eigenvalue weighted by molar-refractivity contribution is 5.61. The Morgan fingerprint density at radius 3 is 2.62 bits per heavy atom. The molecule has 2 N–H and O–H groups in total. The predicted octanol–water partition coefficient (Wildman–Crippen LogP) is 3.70. The molecule has 0 bridgehead atoms. The van der Waals surface area contributed by atoms with Crippen molar-refractivity contribution in [1.82, 2.24) is 9.97 Å². The van der Waals surface area contributed by atoms with Crippen LogP contribution in [-0.4, -0.2) is 16.5 Å². The maximum atomic E-state index is 4.56. The number of benzene rings is 1. The second kappa shape index (κ2) is 6.12. The van der Waals surface area contributed by atoms with Crippen molar-refractivity contribution >= 4 is 17.3 Å². The zero-order valence-corrected chi connectivity index (χ0v) is 12.7. The van der Waals surface area contributed by atoms with Crippen LogP contribution in [0.1, 0.15) is 37.2 Å². The monoisotopic (exact) mass is 282 g/mol. The van der Waals surface area contributed by atoms with E-state index >= 15 is 0 Å². The molecule has 0 aliphatic heterocycles. The van der Waals surface area contributed by atoms with E-state index < -0.39 is 0 Å². The molecule has 4 nitrogen and oxygen atoms in total. The number of aromatic nitrogens is 2. The summed E-state index contributed by atoms with van der Waals surface area (Å²) in [5.41, 5.74) is 4.07. The van der Waals surface area contributed by atoms with Crippen molar-refractivity contribution < 1.29 is 0 Å². The number of anilines is 3. The molecule has 3 rings (SSSR count). The van der Waals surface area contributed by atoms with Gasteiger partial charge in [0.2, 0.25) is 0 Å². The number of aryl methyl sites for hydroxylation is 3. The largest absolute Gasteiger partial charge is 0.370 e. The van der Waals surface area contributed by atoms with Crippen LogP contribution in [-0.2, 0) is 19.3 Å². The lowest BCUT2D eigenvalue weighted by molar-refractivity contribution is 0.912. The SMILES string of the molecule is CCNc1cc(Nc2ccc3c(c2)CCC3)nc(CC)n1. The number of hydrogen-bond acceptors (Lipinski definition) is 4. The van der Waals surface area contributed by atoms with Gasteiger partial charge in [0.15, 0.2) is 0 Å². The first-order chi connectivity index (χ1) is 10.3. The summed E-state index contributed by atoms with van der Waals surface area (Å²) in [5, 5.41) is 6.68. The van der Waals surface area contributed by atoms with Gasteiger partial charge in [-0.1, -0.05) is 13.0 Å². The smallest absolute Gasteiger partial charge is 0.136 e. The third-order valence-electron chi connectivity index (χ3n) is 3.82. The van der Waals surface area contributed by atoms with Gasteiger partial charge in [0, 0.05) is 24.7 Å². The Balaban J connectivity index is 1.85. The second-order valence-corrected chi connectivity index (χ2v) is 5.40. The third-order valence-corrected chi connectivity index (χ3v) is 3.82. The van der Waals surface area contributed by atoms with Gasteiger partial charge in [0.25, 0.3) is 0 Å². The van der Waals surface area contributed by atoms with Gasteiger partial charge in [0.05, 0.1) is 0 Å². The molecule has 1 heterocycles. The summed E-state index contributed by atoms with van der Waals surface area (Å²) in [6, 6.07) is 8.60. The molecule has 0 radical (unpaired) electrons. The molecule has 0 unspecified atom stereocenters. The highest BCUT2D eigenvalue weighted by Gasteiger charge is 2.11. The molecule has 1 aromatic heterocycles. The van der Waals surface area contributed by atoms with Crippen LogP contribution in [0.3, 0.4) is 0 Å². The van der Waals surface area contributed by atoms with Gasteiger partial charge in [0.1, 0.15) is 17.5 Å². The zero-order chi connectivity index (χ0) is 14.7. The van der Waals surface area contributed by atoms with Gasteiger partial charge >= 0.3 is 0 Å². The van der Waals surface area contributed by atoms with Crippen molar-refractivity contribution in [1.29, 1.82) is 0 Å². The first-order valence-electron chi connectivity index (χ1n) is 7.79. The van der Waals surface area contributed by atoms with Crippen molar-refractivity contribution in [2.45, 2.75) is 39.5 Å². The minimum atomic E-state index is 0.831. The van der Waals surface area contributed by atoms with E-state index in [0.717, 1.165) is 36.1 Å². The third kappa shape index (κ3) is 3.15. The minimum Gasteiger partial charge on any atom is -0.370 e. The maximum Gasteiger partial charge on any atom is 0.136 e. The average molecular weight is 282 g/mol. The van der Waals surface area contributed by atoms with Crippen LogP contribution in [0.5, 0.6) is 0 Å². The fraction of sp³-hybridized carbons (Fsp3) is 0.412.